The maximum absolute atomic E-state index is 8.84. The third-order valence-corrected chi connectivity index (χ3v) is 3.28. The smallest absolute Gasteiger partial charge is 0.142 e. The minimum Gasteiger partial charge on any atom is -0.370 e. The molecule has 0 aliphatic heterocycles. The van der Waals surface area contributed by atoms with Crippen LogP contribution in [0.25, 0.3) is 10.9 Å². The molecule has 0 saturated heterocycles. The average molecular weight is 274 g/mol. The van der Waals surface area contributed by atoms with Gasteiger partial charge in [0.05, 0.1) is 5.52 Å². The van der Waals surface area contributed by atoms with Crippen LogP contribution in [0.15, 0.2) is 54.7 Å². The molecule has 0 spiro atoms. The summed E-state index contributed by atoms with van der Waals surface area (Å²) in [6.45, 7) is 0.748. The highest BCUT2D eigenvalue weighted by molar-refractivity contribution is 5.81. The van der Waals surface area contributed by atoms with E-state index in [4.69, 9.17) is 5.26 Å². The Bertz CT molecular complexity index is 800. The second-order valence-corrected chi connectivity index (χ2v) is 4.69. The van der Waals surface area contributed by atoms with Gasteiger partial charge in [-0.2, -0.15) is 5.26 Å². The summed E-state index contributed by atoms with van der Waals surface area (Å²) < 4.78 is 0. The van der Waals surface area contributed by atoms with Gasteiger partial charge in [0, 0.05) is 18.1 Å². The molecule has 0 aliphatic rings. The summed E-state index contributed by atoms with van der Waals surface area (Å²) in [6.07, 6.45) is 2.67. The largest absolute Gasteiger partial charge is 0.370 e. The molecule has 0 aliphatic carbocycles. The van der Waals surface area contributed by atoms with E-state index in [2.05, 4.69) is 33.5 Å². The molecule has 0 saturated carbocycles. The number of pyridine rings is 2. The number of para-hydroxylation sites is 1. The first-order chi connectivity index (χ1) is 10.4. The topological polar surface area (TPSA) is 61.6 Å². The number of nitriles is 1. The second kappa shape index (κ2) is 6.02. The lowest BCUT2D eigenvalue weighted by molar-refractivity contribution is 1.01. The van der Waals surface area contributed by atoms with Crippen LogP contribution in [0.1, 0.15) is 11.3 Å². The van der Waals surface area contributed by atoms with E-state index in [1.807, 2.05) is 36.5 Å². The van der Waals surface area contributed by atoms with E-state index in [-0.39, 0.29) is 0 Å². The Balaban J connectivity index is 1.71. The van der Waals surface area contributed by atoms with E-state index in [0.29, 0.717) is 5.69 Å². The van der Waals surface area contributed by atoms with Crippen molar-refractivity contribution >= 4 is 16.7 Å². The number of rotatable bonds is 4. The number of anilines is 1. The van der Waals surface area contributed by atoms with Crippen LogP contribution in [0.2, 0.25) is 0 Å². The molecule has 3 rings (SSSR count). The van der Waals surface area contributed by atoms with Gasteiger partial charge >= 0.3 is 0 Å². The van der Waals surface area contributed by atoms with Crippen LogP contribution in [0, 0.1) is 11.3 Å². The predicted octanol–water partition coefficient (Wildman–Crippen LogP) is 3.16. The summed E-state index contributed by atoms with van der Waals surface area (Å²) in [5.74, 6) is 0.724. The first kappa shape index (κ1) is 13.1. The molecule has 21 heavy (non-hydrogen) atoms. The average Bonchev–Trinajstić information content (AvgIpc) is 2.55. The first-order valence-electron chi connectivity index (χ1n) is 6.80. The molecule has 0 bridgehead atoms. The van der Waals surface area contributed by atoms with Crippen LogP contribution in [0.3, 0.4) is 0 Å². The van der Waals surface area contributed by atoms with Crippen LogP contribution in [0.5, 0.6) is 0 Å². The van der Waals surface area contributed by atoms with Gasteiger partial charge in [-0.15, -0.1) is 0 Å². The number of aromatic nitrogens is 2. The van der Waals surface area contributed by atoms with Gasteiger partial charge < -0.3 is 5.32 Å². The van der Waals surface area contributed by atoms with Crippen LogP contribution < -0.4 is 5.32 Å². The molecule has 0 fully saturated rings. The molecule has 0 unspecified atom stereocenters. The Morgan fingerprint density at radius 2 is 1.90 bits per heavy atom. The number of benzene rings is 1. The highest BCUT2D eigenvalue weighted by Gasteiger charge is 2.02. The Labute approximate surface area is 123 Å². The molecule has 1 N–H and O–H groups in total. The van der Waals surface area contributed by atoms with Crippen molar-refractivity contribution in [2.24, 2.45) is 0 Å². The highest BCUT2D eigenvalue weighted by atomic mass is 15.0. The molecular weight excluding hydrogens is 260 g/mol. The lowest BCUT2D eigenvalue weighted by Crippen LogP contribution is -2.07. The van der Waals surface area contributed by atoms with Crippen LogP contribution in [0.4, 0.5) is 5.82 Å². The number of nitrogens with zero attached hydrogens (tertiary/aromatic N) is 3. The molecule has 1 aromatic carbocycles. The lowest BCUT2D eigenvalue weighted by atomic mass is 10.1. The second-order valence-electron chi connectivity index (χ2n) is 4.69. The van der Waals surface area contributed by atoms with Crippen molar-refractivity contribution in [1.82, 2.24) is 9.97 Å². The summed E-state index contributed by atoms with van der Waals surface area (Å²) >= 11 is 0. The van der Waals surface area contributed by atoms with E-state index in [1.165, 1.54) is 5.56 Å². The van der Waals surface area contributed by atoms with Gasteiger partial charge in [0.25, 0.3) is 0 Å². The van der Waals surface area contributed by atoms with Gasteiger partial charge in [0.1, 0.15) is 17.6 Å². The summed E-state index contributed by atoms with van der Waals surface area (Å²) in [6, 6.07) is 17.6. The van der Waals surface area contributed by atoms with E-state index < -0.39 is 0 Å². The molecule has 0 radical (unpaired) electrons. The summed E-state index contributed by atoms with van der Waals surface area (Å²) in [5, 5.41) is 13.2. The van der Waals surface area contributed by atoms with Gasteiger partial charge in [-0.1, -0.05) is 30.3 Å². The highest BCUT2D eigenvalue weighted by Crippen LogP contribution is 2.16. The van der Waals surface area contributed by atoms with E-state index in [9.17, 15) is 0 Å². The van der Waals surface area contributed by atoms with E-state index in [1.54, 1.807) is 6.07 Å². The molecular formula is C17H14N4. The Morgan fingerprint density at radius 1 is 1.05 bits per heavy atom. The normalized spacial score (nSPS) is 10.2. The molecule has 0 atom stereocenters. The van der Waals surface area contributed by atoms with Crippen LogP contribution >= 0.6 is 0 Å². The van der Waals surface area contributed by atoms with Crippen LogP contribution in [-0.2, 0) is 6.42 Å². The fraction of sp³-hybridized carbons (Fsp3) is 0.118. The van der Waals surface area contributed by atoms with Gasteiger partial charge in [-0.3, -0.25) is 4.98 Å². The number of hydrogen-bond donors (Lipinski definition) is 1. The van der Waals surface area contributed by atoms with Crippen molar-refractivity contribution in [3.63, 3.8) is 0 Å². The quantitative estimate of drug-likeness (QED) is 0.793. The maximum atomic E-state index is 8.84. The standard InChI is InChI=1S/C17H14N4/c18-12-15-7-2-8-16(21-15)19-11-9-14-5-1-4-13-6-3-10-20-17(13)14/h1-8,10H,9,11H2,(H,19,21). The Morgan fingerprint density at radius 3 is 2.81 bits per heavy atom. The van der Waals surface area contributed by atoms with Crippen LogP contribution in [-0.4, -0.2) is 16.5 Å². The number of fused-ring (bicyclic) bond motifs is 1. The molecule has 102 valence electrons. The molecule has 0 amide bonds. The summed E-state index contributed by atoms with van der Waals surface area (Å²) in [4.78, 5) is 8.64. The minimum atomic E-state index is 0.423. The fourth-order valence-corrected chi connectivity index (χ4v) is 2.29. The van der Waals surface area contributed by atoms with Crippen molar-refractivity contribution in [2.75, 3.05) is 11.9 Å². The minimum absolute atomic E-state index is 0.423. The van der Waals surface area contributed by atoms with Crippen molar-refractivity contribution in [2.45, 2.75) is 6.42 Å². The fourth-order valence-electron chi connectivity index (χ4n) is 2.29. The molecule has 4 nitrogen and oxygen atoms in total. The summed E-state index contributed by atoms with van der Waals surface area (Å²) in [7, 11) is 0. The first-order valence-corrected chi connectivity index (χ1v) is 6.80. The Kier molecular flexibility index (Phi) is 3.74. The molecule has 4 heteroatoms. The van der Waals surface area contributed by atoms with Gasteiger partial charge in [-0.05, 0) is 30.2 Å². The third kappa shape index (κ3) is 2.98. The molecule has 3 aromatic rings. The van der Waals surface area contributed by atoms with E-state index >= 15 is 0 Å². The van der Waals surface area contributed by atoms with Gasteiger partial charge in [0.2, 0.25) is 0 Å². The van der Waals surface area contributed by atoms with Gasteiger partial charge in [0.15, 0.2) is 0 Å². The Hall–Kier alpha value is -2.93. The zero-order valence-electron chi connectivity index (χ0n) is 11.5. The number of nitrogens with one attached hydrogen (secondary N) is 1. The summed E-state index contributed by atoms with van der Waals surface area (Å²) in [5.41, 5.74) is 2.67. The maximum Gasteiger partial charge on any atom is 0.142 e. The molecule has 2 aromatic heterocycles. The zero-order chi connectivity index (χ0) is 14.5. The van der Waals surface area contributed by atoms with E-state index in [0.717, 1.165) is 29.7 Å². The monoisotopic (exact) mass is 274 g/mol. The lowest BCUT2D eigenvalue weighted by Gasteiger charge is -2.07. The van der Waals surface area contributed by atoms with Crippen molar-refractivity contribution < 1.29 is 0 Å². The van der Waals surface area contributed by atoms with Crippen molar-refractivity contribution in [1.29, 1.82) is 5.26 Å². The van der Waals surface area contributed by atoms with Gasteiger partial charge in [-0.25, -0.2) is 4.98 Å². The van der Waals surface area contributed by atoms with Crippen molar-refractivity contribution in [3.8, 4) is 6.07 Å². The SMILES string of the molecule is N#Cc1cccc(NCCc2cccc3cccnc23)n1. The zero-order valence-corrected chi connectivity index (χ0v) is 11.5. The predicted molar refractivity (Wildman–Crippen MR) is 82.9 cm³/mol. The number of hydrogen-bond acceptors (Lipinski definition) is 4. The molecule has 2 heterocycles. The third-order valence-electron chi connectivity index (χ3n) is 3.28. The van der Waals surface area contributed by atoms with Crippen molar-refractivity contribution in [3.05, 3.63) is 66.0 Å².